The number of carbonyl (C=O) groups excluding carboxylic acids is 1. The molecule has 0 aliphatic heterocycles. The number of hydrogen-bond acceptors (Lipinski definition) is 2. The molecule has 0 radical (unpaired) electrons. The Labute approximate surface area is 83.5 Å². The zero-order valence-electron chi connectivity index (χ0n) is 8.34. The van der Waals surface area contributed by atoms with Gasteiger partial charge in [-0.05, 0) is 18.6 Å². The average molecular weight is 194 g/mol. The van der Waals surface area contributed by atoms with Gasteiger partial charge < -0.3 is 4.74 Å². The lowest BCUT2D eigenvalue weighted by molar-refractivity contribution is -0.140. The molecule has 0 aromatic heterocycles. The Balaban J connectivity index is 2.63. The van der Waals surface area contributed by atoms with Crippen LogP contribution >= 0.6 is 0 Å². The Bertz CT molecular complexity index is 339. The van der Waals surface area contributed by atoms with Crippen LogP contribution in [0.1, 0.15) is 12.0 Å². The number of aryl methyl sites for hydroxylation is 1. The molecule has 0 N–H and O–H groups in total. The summed E-state index contributed by atoms with van der Waals surface area (Å²) in [4.78, 5) is 10.9. The molecule has 0 unspecified atom stereocenters. The first-order valence-electron chi connectivity index (χ1n) is 4.45. The summed E-state index contributed by atoms with van der Waals surface area (Å²) in [5.74, 6) is -0.488. The van der Waals surface area contributed by atoms with Crippen molar-refractivity contribution in [2.24, 2.45) is 0 Å². The molecule has 1 aromatic rings. The highest BCUT2D eigenvalue weighted by molar-refractivity contribution is 6.33. The second-order valence-corrected chi connectivity index (χ2v) is 3.15. The van der Waals surface area contributed by atoms with Crippen LogP contribution in [-0.2, 0) is 16.0 Å². The summed E-state index contributed by atoms with van der Waals surface area (Å²) < 4.78 is 17.2. The van der Waals surface area contributed by atoms with E-state index in [0.29, 0.717) is 12.8 Å². The van der Waals surface area contributed by atoms with Crippen LogP contribution in [0.5, 0.6) is 0 Å². The highest BCUT2D eigenvalue weighted by atomic mass is 19.1. The van der Waals surface area contributed by atoms with Crippen LogP contribution in [0.4, 0.5) is 4.39 Å². The van der Waals surface area contributed by atoms with Gasteiger partial charge in [0.25, 0.3) is 0 Å². The zero-order valence-corrected chi connectivity index (χ0v) is 8.34. The van der Waals surface area contributed by atoms with Crippen molar-refractivity contribution in [1.82, 2.24) is 0 Å². The molecular weight excluding hydrogens is 182 g/mol. The van der Waals surface area contributed by atoms with Crippen LogP contribution < -0.4 is 5.46 Å². The smallest absolute Gasteiger partial charge is 0.305 e. The third kappa shape index (κ3) is 2.87. The van der Waals surface area contributed by atoms with E-state index in [9.17, 15) is 9.18 Å². The van der Waals surface area contributed by atoms with Gasteiger partial charge in [-0.2, -0.15) is 0 Å². The van der Waals surface area contributed by atoms with Crippen LogP contribution in [0.15, 0.2) is 18.2 Å². The van der Waals surface area contributed by atoms with Crippen LogP contribution in [-0.4, -0.2) is 20.9 Å². The molecule has 14 heavy (non-hydrogen) atoms. The largest absolute Gasteiger partial charge is 0.469 e. The fraction of sp³-hybridized carbons (Fsp3) is 0.300. The minimum Gasteiger partial charge on any atom is -0.469 e. The summed E-state index contributed by atoms with van der Waals surface area (Å²) in [6.45, 7) is 0. The lowest BCUT2D eigenvalue weighted by Gasteiger charge is -2.04. The van der Waals surface area contributed by atoms with E-state index in [2.05, 4.69) is 4.74 Å². The third-order valence-electron chi connectivity index (χ3n) is 2.13. The van der Waals surface area contributed by atoms with Gasteiger partial charge in [0.1, 0.15) is 13.7 Å². The molecular formula is C10H12BFO2. The number of hydrogen-bond donors (Lipinski definition) is 0. The van der Waals surface area contributed by atoms with Crippen molar-refractivity contribution in [2.75, 3.05) is 7.11 Å². The molecule has 0 bridgehead atoms. The number of methoxy groups -OCH3 is 1. The molecule has 0 aliphatic rings. The average Bonchev–Trinajstić information content (AvgIpc) is 2.16. The Hall–Kier alpha value is -1.32. The minimum absolute atomic E-state index is 0.242. The number of benzene rings is 1. The third-order valence-corrected chi connectivity index (χ3v) is 2.13. The number of rotatable bonds is 3. The lowest BCUT2D eigenvalue weighted by Crippen LogP contribution is -2.13. The van der Waals surface area contributed by atoms with Gasteiger partial charge in [0.05, 0.1) is 7.11 Å². The van der Waals surface area contributed by atoms with Crippen molar-refractivity contribution < 1.29 is 13.9 Å². The minimum atomic E-state index is -0.246. The van der Waals surface area contributed by atoms with Crippen molar-refractivity contribution in [3.8, 4) is 0 Å². The van der Waals surface area contributed by atoms with Crippen molar-refractivity contribution in [1.29, 1.82) is 0 Å². The van der Waals surface area contributed by atoms with Crippen LogP contribution in [0, 0.1) is 5.82 Å². The van der Waals surface area contributed by atoms with Crippen molar-refractivity contribution in [3.05, 3.63) is 29.6 Å². The van der Waals surface area contributed by atoms with Crippen LogP contribution in [0.3, 0.4) is 0 Å². The van der Waals surface area contributed by atoms with Gasteiger partial charge in [0.2, 0.25) is 0 Å². The SMILES string of the molecule is Bc1cc(F)ccc1CCC(=O)OC. The van der Waals surface area contributed by atoms with E-state index in [1.165, 1.54) is 19.2 Å². The number of ether oxygens (including phenoxy) is 1. The summed E-state index contributed by atoms with van der Waals surface area (Å²) in [6.07, 6.45) is 0.932. The Morgan fingerprint density at radius 2 is 2.29 bits per heavy atom. The van der Waals surface area contributed by atoms with Gasteiger partial charge >= 0.3 is 5.97 Å². The molecule has 0 fully saturated rings. The standard InChI is InChI=1S/C10H12BFO2/c1-14-10(13)5-3-7-2-4-8(12)6-9(7)11/h2,4,6H,3,5,11H2,1H3. The molecule has 0 amide bonds. The molecule has 1 aromatic carbocycles. The Morgan fingerprint density at radius 3 is 2.86 bits per heavy atom. The van der Waals surface area contributed by atoms with E-state index in [4.69, 9.17) is 0 Å². The van der Waals surface area contributed by atoms with Crippen molar-refractivity contribution in [3.63, 3.8) is 0 Å². The van der Waals surface area contributed by atoms with Crippen molar-refractivity contribution in [2.45, 2.75) is 12.8 Å². The maximum atomic E-state index is 12.7. The quantitative estimate of drug-likeness (QED) is 0.507. The van der Waals surface area contributed by atoms with Gasteiger partial charge in [0.15, 0.2) is 0 Å². The molecule has 74 valence electrons. The molecule has 0 saturated carbocycles. The molecule has 0 atom stereocenters. The normalized spacial score (nSPS) is 9.86. The molecule has 0 heterocycles. The molecule has 2 nitrogen and oxygen atoms in total. The Kier molecular flexibility index (Phi) is 3.68. The van der Waals surface area contributed by atoms with Gasteiger partial charge in [-0.15, -0.1) is 0 Å². The van der Waals surface area contributed by atoms with E-state index in [-0.39, 0.29) is 11.8 Å². The first-order valence-corrected chi connectivity index (χ1v) is 4.45. The summed E-state index contributed by atoms with van der Waals surface area (Å²) in [7, 11) is 3.19. The molecule has 4 heteroatoms. The predicted octanol–water partition coefficient (Wildman–Crippen LogP) is 0.190. The fourth-order valence-corrected chi connectivity index (χ4v) is 1.28. The molecule has 1 rings (SSSR count). The van der Waals surface area contributed by atoms with Crippen molar-refractivity contribution >= 4 is 19.3 Å². The Morgan fingerprint density at radius 1 is 1.57 bits per heavy atom. The van der Waals surface area contributed by atoms with E-state index in [0.717, 1.165) is 11.0 Å². The van der Waals surface area contributed by atoms with Gasteiger partial charge in [-0.25, -0.2) is 4.39 Å². The summed E-state index contributed by atoms with van der Waals surface area (Å²) in [5.41, 5.74) is 1.85. The number of esters is 1. The van der Waals surface area contributed by atoms with E-state index < -0.39 is 0 Å². The first-order chi connectivity index (χ1) is 6.63. The zero-order chi connectivity index (χ0) is 10.6. The maximum Gasteiger partial charge on any atom is 0.305 e. The predicted molar refractivity (Wildman–Crippen MR) is 54.9 cm³/mol. The monoisotopic (exact) mass is 194 g/mol. The summed E-state index contributed by atoms with van der Waals surface area (Å²) >= 11 is 0. The topological polar surface area (TPSA) is 26.3 Å². The second-order valence-electron chi connectivity index (χ2n) is 3.15. The lowest BCUT2D eigenvalue weighted by atomic mass is 9.88. The first kappa shape index (κ1) is 10.8. The van der Waals surface area contributed by atoms with Gasteiger partial charge in [-0.1, -0.05) is 17.1 Å². The highest BCUT2D eigenvalue weighted by Gasteiger charge is 2.04. The number of carbonyl (C=O) groups is 1. The second kappa shape index (κ2) is 4.79. The van der Waals surface area contributed by atoms with E-state index in [1.807, 2.05) is 7.85 Å². The van der Waals surface area contributed by atoms with Crippen LogP contribution in [0.25, 0.3) is 0 Å². The highest BCUT2D eigenvalue weighted by Crippen LogP contribution is 2.03. The summed E-state index contributed by atoms with van der Waals surface area (Å²) in [6, 6.07) is 4.57. The molecule has 0 aliphatic carbocycles. The van der Waals surface area contributed by atoms with E-state index >= 15 is 0 Å². The van der Waals surface area contributed by atoms with Gasteiger partial charge in [0, 0.05) is 6.42 Å². The fourth-order valence-electron chi connectivity index (χ4n) is 1.28. The molecule has 0 spiro atoms. The van der Waals surface area contributed by atoms with E-state index in [1.54, 1.807) is 6.07 Å². The summed E-state index contributed by atoms with van der Waals surface area (Å²) in [5, 5.41) is 0. The molecule has 0 saturated heterocycles. The number of halogens is 1. The van der Waals surface area contributed by atoms with Gasteiger partial charge in [-0.3, -0.25) is 4.79 Å². The maximum absolute atomic E-state index is 12.7. The van der Waals surface area contributed by atoms with Crippen LogP contribution in [0.2, 0.25) is 0 Å².